The van der Waals surface area contributed by atoms with Gasteiger partial charge in [-0.1, -0.05) is 6.42 Å². The Kier molecular flexibility index (Phi) is 5.22. The zero-order chi connectivity index (χ0) is 12.1. The van der Waals surface area contributed by atoms with Gasteiger partial charge in [-0.25, -0.2) is 0 Å². The van der Waals surface area contributed by atoms with Crippen molar-refractivity contribution in [2.75, 3.05) is 27.2 Å². The Balaban J connectivity index is 2.39. The molecule has 3 N–H and O–H groups in total. The number of hydrogen-bond acceptors (Lipinski definition) is 3. The number of carbonyl (C=O) groups is 1. The van der Waals surface area contributed by atoms with Crippen LogP contribution in [0, 0.1) is 11.8 Å². The molecule has 1 aliphatic carbocycles. The van der Waals surface area contributed by atoms with Gasteiger partial charge in [-0.05, 0) is 46.3 Å². The van der Waals surface area contributed by atoms with Crippen LogP contribution >= 0.6 is 0 Å². The van der Waals surface area contributed by atoms with Gasteiger partial charge in [-0.3, -0.25) is 4.79 Å². The van der Waals surface area contributed by atoms with E-state index in [-0.39, 0.29) is 17.9 Å². The van der Waals surface area contributed by atoms with Gasteiger partial charge >= 0.3 is 0 Å². The summed E-state index contributed by atoms with van der Waals surface area (Å²) in [4.78, 5) is 14.1. The lowest BCUT2D eigenvalue weighted by atomic mass is 9.95. The minimum Gasteiger partial charge on any atom is -0.352 e. The second-order valence-corrected chi connectivity index (χ2v) is 5.21. The van der Waals surface area contributed by atoms with Gasteiger partial charge in [0, 0.05) is 18.5 Å². The van der Waals surface area contributed by atoms with Gasteiger partial charge in [0.25, 0.3) is 0 Å². The topological polar surface area (TPSA) is 58.4 Å². The summed E-state index contributed by atoms with van der Waals surface area (Å²) >= 11 is 0. The maximum Gasteiger partial charge on any atom is 0.223 e. The van der Waals surface area contributed by atoms with E-state index in [1.165, 1.54) is 0 Å². The van der Waals surface area contributed by atoms with Crippen LogP contribution in [0.25, 0.3) is 0 Å². The van der Waals surface area contributed by atoms with Crippen molar-refractivity contribution < 1.29 is 4.79 Å². The highest BCUT2D eigenvalue weighted by Gasteiger charge is 2.32. The van der Waals surface area contributed by atoms with Gasteiger partial charge in [0.15, 0.2) is 0 Å². The number of nitrogens with two attached hydrogens (primary N) is 1. The molecule has 4 heteroatoms. The van der Waals surface area contributed by atoms with Crippen LogP contribution in [0.2, 0.25) is 0 Å². The summed E-state index contributed by atoms with van der Waals surface area (Å²) < 4.78 is 0. The summed E-state index contributed by atoms with van der Waals surface area (Å²) in [6.45, 7) is 3.57. The smallest absolute Gasteiger partial charge is 0.223 e. The Morgan fingerprint density at radius 2 is 2.19 bits per heavy atom. The van der Waals surface area contributed by atoms with E-state index in [1.807, 2.05) is 21.0 Å². The van der Waals surface area contributed by atoms with E-state index in [0.29, 0.717) is 12.5 Å². The van der Waals surface area contributed by atoms with Crippen LogP contribution in [-0.2, 0) is 4.79 Å². The second-order valence-electron chi connectivity index (χ2n) is 5.21. The van der Waals surface area contributed by atoms with Crippen molar-refractivity contribution in [1.82, 2.24) is 10.2 Å². The first kappa shape index (κ1) is 13.5. The van der Waals surface area contributed by atoms with Crippen molar-refractivity contribution in [3.05, 3.63) is 0 Å². The number of carbonyl (C=O) groups excluding carboxylic acids is 1. The van der Waals surface area contributed by atoms with Crippen molar-refractivity contribution >= 4 is 5.91 Å². The Hall–Kier alpha value is -0.610. The Bertz CT molecular complexity index is 230. The fourth-order valence-electron chi connectivity index (χ4n) is 2.61. The predicted molar refractivity (Wildman–Crippen MR) is 66.0 cm³/mol. The summed E-state index contributed by atoms with van der Waals surface area (Å²) in [6, 6.07) is 0.210. The highest BCUT2D eigenvalue weighted by atomic mass is 16.2. The SMILES string of the molecule is CC(CN(C)C)NC(=O)C1CCCC1CN. The van der Waals surface area contributed by atoms with E-state index < -0.39 is 0 Å². The maximum absolute atomic E-state index is 12.0. The molecule has 4 nitrogen and oxygen atoms in total. The van der Waals surface area contributed by atoms with Crippen LogP contribution in [0.3, 0.4) is 0 Å². The molecule has 0 aromatic heterocycles. The molecule has 3 unspecified atom stereocenters. The largest absolute Gasteiger partial charge is 0.352 e. The fourth-order valence-corrected chi connectivity index (χ4v) is 2.61. The van der Waals surface area contributed by atoms with Crippen LogP contribution in [0.15, 0.2) is 0 Å². The predicted octanol–water partition coefficient (Wildman–Crippen LogP) is 0.428. The molecule has 16 heavy (non-hydrogen) atoms. The quantitative estimate of drug-likeness (QED) is 0.716. The van der Waals surface area contributed by atoms with Gasteiger partial charge in [-0.2, -0.15) is 0 Å². The molecule has 1 amide bonds. The molecule has 94 valence electrons. The first-order chi connectivity index (χ1) is 7.54. The highest BCUT2D eigenvalue weighted by molar-refractivity contribution is 5.79. The van der Waals surface area contributed by atoms with Gasteiger partial charge < -0.3 is 16.0 Å². The van der Waals surface area contributed by atoms with Crippen molar-refractivity contribution in [3.63, 3.8) is 0 Å². The molecule has 0 spiro atoms. The number of nitrogens with zero attached hydrogens (tertiary/aromatic N) is 1. The molecule has 1 fully saturated rings. The summed E-state index contributed by atoms with van der Waals surface area (Å²) in [6.07, 6.45) is 3.25. The van der Waals surface area contributed by atoms with Crippen molar-refractivity contribution in [2.45, 2.75) is 32.2 Å². The maximum atomic E-state index is 12.0. The lowest BCUT2D eigenvalue weighted by Crippen LogP contribution is -2.43. The summed E-state index contributed by atoms with van der Waals surface area (Å²) in [7, 11) is 4.03. The first-order valence-electron chi connectivity index (χ1n) is 6.19. The zero-order valence-corrected chi connectivity index (χ0v) is 10.7. The minimum atomic E-state index is 0.148. The number of nitrogens with one attached hydrogen (secondary N) is 1. The van der Waals surface area contributed by atoms with Crippen LogP contribution in [0.5, 0.6) is 0 Å². The molecule has 0 radical (unpaired) electrons. The number of rotatable bonds is 5. The third kappa shape index (κ3) is 3.76. The number of hydrogen-bond donors (Lipinski definition) is 2. The van der Waals surface area contributed by atoms with Gasteiger partial charge in [0.05, 0.1) is 0 Å². The summed E-state index contributed by atoms with van der Waals surface area (Å²) in [5, 5.41) is 3.08. The van der Waals surface area contributed by atoms with Crippen LogP contribution in [-0.4, -0.2) is 44.0 Å². The highest BCUT2D eigenvalue weighted by Crippen LogP contribution is 2.30. The van der Waals surface area contributed by atoms with E-state index in [1.54, 1.807) is 0 Å². The molecule has 1 aliphatic rings. The van der Waals surface area contributed by atoms with Crippen molar-refractivity contribution in [3.8, 4) is 0 Å². The minimum absolute atomic E-state index is 0.148. The van der Waals surface area contributed by atoms with Gasteiger partial charge in [0.1, 0.15) is 0 Å². The van der Waals surface area contributed by atoms with Crippen molar-refractivity contribution in [2.24, 2.45) is 17.6 Å². The Morgan fingerprint density at radius 3 is 2.75 bits per heavy atom. The lowest BCUT2D eigenvalue weighted by molar-refractivity contribution is -0.126. The normalized spacial score (nSPS) is 27.1. The van der Waals surface area contributed by atoms with E-state index >= 15 is 0 Å². The third-order valence-corrected chi connectivity index (χ3v) is 3.33. The molecular formula is C12H25N3O. The van der Waals surface area contributed by atoms with E-state index in [0.717, 1.165) is 25.8 Å². The van der Waals surface area contributed by atoms with Crippen molar-refractivity contribution in [1.29, 1.82) is 0 Å². The molecule has 0 aromatic carbocycles. The monoisotopic (exact) mass is 227 g/mol. The molecule has 1 saturated carbocycles. The van der Waals surface area contributed by atoms with E-state index in [2.05, 4.69) is 10.2 Å². The standard InChI is InChI=1S/C12H25N3O/c1-9(8-15(2)3)14-12(16)11-6-4-5-10(11)7-13/h9-11H,4-8,13H2,1-3H3,(H,14,16). The molecule has 0 heterocycles. The zero-order valence-electron chi connectivity index (χ0n) is 10.7. The average molecular weight is 227 g/mol. The van der Waals surface area contributed by atoms with Crippen LogP contribution in [0.4, 0.5) is 0 Å². The molecule has 0 saturated heterocycles. The van der Waals surface area contributed by atoms with E-state index in [9.17, 15) is 4.79 Å². The lowest BCUT2D eigenvalue weighted by Gasteiger charge is -2.22. The molecule has 0 aromatic rings. The van der Waals surface area contributed by atoms with E-state index in [4.69, 9.17) is 5.73 Å². The Morgan fingerprint density at radius 1 is 1.50 bits per heavy atom. The van der Waals surface area contributed by atoms with Crippen LogP contribution < -0.4 is 11.1 Å². The Labute approximate surface area is 98.6 Å². The van der Waals surface area contributed by atoms with Gasteiger partial charge in [0.2, 0.25) is 5.91 Å². The molecule has 3 atom stereocenters. The summed E-state index contributed by atoms with van der Waals surface area (Å²) in [5.74, 6) is 0.739. The first-order valence-corrected chi connectivity index (χ1v) is 6.19. The average Bonchev–Trinajstić information content (AvgIpc) is 2.63. The summed E-state index contributed by atoms with van der Waals surface area (Å²) in [5.41, 5.74) is 5.69. The molecule has 0 bridgehead atoms. The second kappa shape index (κ2) is 6.21. The molecule has 1 rings (SSSR count). The number of amides is 1. The fraction of sp³-hybridized carbons (Fsp3) is 0.917. The third-order valence-electron chi connectivity index (χ3n) is 3.33. The molecule has 0 aliphatic heterocycles. The number of likely N-dealkylation sites (N-methyl/N-ethyl adjacent to an activating group) is 1. The van der Waals surface area contributed by atoms with Crippen LogP contribution in [0.1, 0.15) is 26.2 Å². The van der Waals surface area contributed by atoms with Gasteiger partial charge in [-0.15, -0.1) is 0 Å². The molecular weight excluding hydrogens is 202 g/mol.